The molecule has 1 aliphatic heterocycles. The van der Waals surface area contributed by atoms with Crippen molar-refractivity contribution in [2.75, 3.05) is 6.61 Å². The number of halogens is 2. The third-order valence-electron chi connectivity index (χ3n) is 3.21. The maximum absolute atomic E-state index is 13.7. The van der Waals surface area contributed by atoms with Crippen LogP contribution in [0.1, 0.15) is 24.9 Å². The van der Waals surface area contributed by atoms with E-state index in [1.54, 1.807) is 12.1 Å². The zero-order chi connectivity index (χ0) is 11.7. The van der Waals surface area contributed by atoms with Gasteiger partial charge in [0.1, 0.15) is 5.82 Å². The second-order valence-corrected chi connectivity index (χ2v) is 5.14. The molecule has 1 saturated heterocycles. The number of ether oxygens (including phenoxy) is 1. The van der Waals surface area contributed by atoms with Crippen LogP contribution in [0.2, 0.25) is 0 Å². The lowest BCUT2D eigenvalue weighted by molar-refractivity contribution is 0.0992. The van der Waals surface area contributed by atoms with Gasteiger partial charge >= 0.3 is 0 Å². The van der Waals surface area contributed by atoms with Crippen molar-refractivity contribution in [3.63, 3.8) is 0 Å². The van der Waals surface area contributed by atoms with E-state index >= 15 is 0 Å². The van der Waals surface area contributed by atoms with Crippen molar-refractivity contribution in [2.45, 2.75) is 25.5 Å². The molecule has 2 rings (SSSR count). The molecule has 0 aliphatic carbocycles. The topological polar surface area (TPSA) is 35.2 Å². The molecular weight excluding hydrogens is 273 g/mol. The van der Waals surface area contributed by atoms with Crippen LogP contribution >= 0.6 is 15.9 Å². The normalized spacial score (nSPS) is 27.0. The van der Waals surface area contributed by atoms with E-state index in [9.17, 15) is 4.39 Å². The minimum Gasteiger partial charge on any atom is -0.378 e. The molecule has 16 heavy (non-hydrogen) atoms. The number of nitrogens with two attached hydrogens (primary N) is 1. The Morgan fingerprint density at radius 3 is 2.94 bits per heavy atom. The van der Waals surface area contributed by atoms with Gasteiger partial charge in [-0.3, -0.25) is 0 Å². The Bertz CT molecular complexity index is 385. The second-order valence-electron chi connectivity index (χ2n) is 4.22. The highest BCUT2D eigenvalue weighted by atomic mass is 79.9. The van der Waals surface area contributed by atoms with Crippen molar-refractivity contribution >= 4 is 15.9 Å². The molecule has 1 aromatic carbocycles. The molecule has 2 N–H and O–H groups in total. The molecule has 3 atom stereocenters. The molecule has 0 radical (unpaired) electrons. The summed E-state index contributed by atoms with van der Waals surface area (Å²) in [5, 5.41) is 0. The number of benzene rings is 1. The van der Waals surface area contributed by atoms with E-state index in [2.05, 4.69) is 15.9 Å². The zero-order valence-electron chi connectivity index (χ0n) is 9.12. The molecule has 4 heteroatoms. The Morgan fingerprint density at radius 2 is 2.31 bits per heavy atom. The van der Waals surface area contributed by atoms with Gasteiger partial charge in [0.25, 0.3) is 0 Å². The van der Waals surface area contributed by atoms with Gasteiger partial charge in [0.2, 0.25) is 0 Å². The first kappa shape index (κ1) is 12.0. The standard InChI is InChI=1S/C12H15BrFNO/c1-7-9(4-5-16-7)12(15)10-6-8(13)2-3-11(10)14/h2-3,6-7,9,12H,4-5,15H2,1H3. The molecule has 0 aromatic heterocycles. The lowest BCUT2D eigenvalue weighted by Gasteiger charge is -2.22. The molecule has 1 aliphatic rings. The van der Waals surface area contributed by atoms with Gasteiger partial charge < -0.3 is 10.5 Å². The molecule has 0 saturated carbocycles. The average Bonchev–Trinajstić information content (AvgIpc) is 2.67. The van der Waals surface area contributed by atoms with E-state index in [0.29, 0.717) is 5.56 Å². The van der Waals surface area contributed by atoms with Gasteiger partial charge in [0.15, 0.2) is 0 Å². The Morgan fingerprint density at radius 1 is 1.56 bits per heavy atom. The molecular formula is C12H15BrFNO. The Hall–Kier alpha value is -0.450. The van der Waals surface area contributed by atoms with Crippen LogP contribution in [0.25, 0.3) is 0 Å². The van der Waals surface area contributed by atoms with Crippen LogP contribution in [0.5, 0.6) is 0 Å². The Labute approximate surface area is 103 Å². The third kappa shape index (κ3) is 2.29. The highest BCUT2D eigenvalue weighted by Crippen LogP contribution is 2.33. The van der Waals surface area contributed by atoms with Crippen molar-refractivity contribution in [3.8, 4) is 0 Å². The zero-order valence-corrected chi connectivity index (χ0v) is 10.7. The summed E-state index contributed by atoms with van der Waals surface area (Å²) in [5.74, 6) is -0.0430. The van der Waals surface area contributed by atoms with Crippen molar-refractivity contribution in [2.24, 2.45) is 11.7 Å². The van der Waals surface area contributed by atoms with Crippen molar-refractivity contribution in [1.29, 1.82) is 0 Å². The Kier molecular flexibility index (Phi) is 3.62. The molecule has 1 aromatic rings. The molecule has 0 amide bonds. The molecule has 88 valence electrons. The molecule has 3 unspecified atom stereocenters. The van der Waals surface area contributed by atoms with Gasteiger partial charge in [0, 0.05) is 28.6 Å². The quantitative estimate of drug-likeness (QED) is 0.908. The largest absolute Gasteiger partial charge is 0.378 e. The molecule has 2 nitrogen and oxygen atoms in total. The van der Waals surface area contributed by atoms with Crippen LogP contribution in [0, 0.1) is 11.7 Å². The summed E-state index contributed by atoms with van der Waals surface area (Å²) in [7, 11) is 0. The van der Waals surface area contributed by atoms with E-state index in [-0.39, 0.29) is 23.9 Å². The van der Waals surface area contributed by atoms with E-state index in [1.807, 2.05) is 6.92 Å². The average molecular weight is 288 g/mol. The lowest BCUT2D eigenvalue weighted by atomic mass is 9.89. The number of hydrogen-bond donors (Lipinski definition) is 1. The summed E-state index contributed by atoms with van der Waals surface area (Å²) < 4.78 is 20.0. The first-order chi connectivity index (χ1) is 7.59. The summed E-state index contributed by atoms with van der Waals surface area (Å²) in [6.07, 6.45) is 1.00. The van der Waals surface area contributed by atoms with Crippen LogP contribution in [0.4, 0.5) is 4.39 Å². The van der Waals surface area contributed by atoms with Gasteiger partial charge in [-0.2, -0.15) is 0 Å². The van der Waals surface area contributed by atoms with Crippen LogP contribution in [0.3, 0.4) is 0 Å². The van der Waals surface area contributed by atoms with E-state index in [4.69, 9.17) is 10.5 Å². The molecule has 0 bridgehead atoms. The van der Waals surface area contributed by atoms with Gasteiger partial charge in [0.05, 0.1) is 6.10 Å². The van der Waals surface area contributed by atoms with Crippen LogP contribution in [0.15, 0.2) is 22.7 Å². The fourth-order valence-electron chi connectivity index (χ4n) is 2.22. The monoisotopic (exact) mass is 287 g/mol. The smallest absolute Gasteiger partial charge is 0.128 e. The van der Waals surface area contributed by atoms with Gasteiger partial charge in [-0.25, -0.2) is 4.39 Å². The maximum Gasteiger partial charge on any atom is 0.128 e. The summed E-state index contributed by atoms with van der Waals surface area (Å²) in [6, 6.07) is 4.58. The summed E-state index contributed by atoms with van der Waals surface area (Å²) in [6.45, 7) is 2.71. The third-order valence-corrected chi connectivity index (χ3v) is 3.71. The fourth-order valence-corrected chi connectivity index (χ4v) is 2.60. The first-order valence-electron chi connectivity index (χ1n) is 5.41. The van der Waals surface area contributed by atoms with E-state index < -0.39 is 0 Å². The highest BCUT2D eigenvalue weighted by molar-refractivity contribution is 9.10. The van der Waals surface area contributed by atoms with E-state index in [1.165, 1.54) is 6.07 Å². The Balaban J connectivity index is 2.25. The minimum absolute atomic E-state index is 0.105. The maximum atomic E-state index is 13.7. The van der Waals surface area contributed by atoms with Crippen LogP contribution in [-0.2, 0) is 4.74 Å². The first-order valence-corrected chi connectivity index (χ1v) is 6.21. The minimum atomic E-state index is -0.296. The summed E-state index contributed by atoms with van der Waals surface area (Å²) >= 11 is 3.33. The fraction of sp³-hybridized carbons (Fsp3) is 0.500. The van der Waals surface area contributed by atoms with Gasteiger partial charge in [-0.05, 0) is 31.5 Å². The van der Waals surface area contributed by atoms with Crippen molar-refractivity contribution < 1.29 is 9.13 Å². The lowest BCUT2D eigenvalue weighted by Crippen LogP contribution is -2.27. The van der Waals surface area contributed by atoms with Crippen molar-refractivity contribution in [1.82, 2.24) is 0 Å². The highest BCUT2D eigenvalue weighted by Gasteiger charge is 2.31. The van der Waals surface area contributed by atoms with Crippen molar-refractivity contribution in [3.05, 3.63) is 34.1 Å². The molecule has 1 fully saturated rings. The predicted octanol–water partition coefficient (Wildman–Crippen LogP) is 3.01. The summed E-state index contributed by atoms with van der Waals surface area (Å²) in [4.78, 5) is 0. The van der Waals surface area contributed by atoms with Crippen LogP contribution in [-0.4, -0.2) is 12.7 Å². The predicted molar refractivity (Wildman–Crippen MR) is 64.5 cm³/mol. The van der Waals surface area contributed by atoms with Gasteiger partial charge in [-0.1, -0.05) is 15.9 Å². The second kappa shape index (κ2) is 4.82. The SMILES string of the molecule is CC1OCCC1C(N)c1cc(Br)ccc1F. The summed E-state index contributed by atoms with van der Waals surface area (Å²) in [5.41, 5.74) is 6.69. The molecule has 0 spiro atoms. The van der Waals surface area contributed by atoms with Gasteiger partial charge in [-0.15, -0.1) is 0 Å². The molecule has 1 heterocycles. The number of rotatable bonds is 2. The number of hydrogen-bond acceptors (Lipinski definition) is 2. The van der Waals surface area contributed by atoms with E-state index in [0.717, 1.165) is 17.5 Å². The van der Waals surface area contributed by atoms with Crippen LogP contribution < -0.4 is 5.73 Å².